The summed E-state index contributed by atoms with van der Waals surface area (Å²) in [5, 5.41) is 0. The molecule has 1 aromatic heterocycles. The van der Waals surface area contributed by atoms with Gasteiger partial charge in [0.05, 0.1) is 23.9 Å². The van der Waals surface area contributed by atoms with Crippen molar-refractivity contribution in [2.75, 3.05) is 20.1 Å². The third-order valence-corrected chi connectivity index (χ3v) is 2.96. The Kier molecular flexibility index (Phi) is 3.54. The number of aromatic nitrogens is 2. The van der Waals surface area contributed by atoms with Crippen LogP contribution in [0.2, 0.25) is 0 Å². The van der Waals surface area contributed by atoms with Gasteiger partial charge in [-0.25, -0.2) is 4.98 Å². The van der Waals surface area contributed by atoms with Crippen LogP contribution in [0, 0.1) is 0 Å². The molecule has 0 saturated carbocycles. The molecule has 2 aromatic rings. The number of likely N-dealkylation sites (N-methyl/N-ethyl adjacent to an activating group) is 1. The Labute approximate surface area is 101 Å². The largest absolute Gasteiger partial charge is 0.334 e. The first-order valence-electron chi connectivity index (χ1n) is 5.73. The SMILES string of the molecule is CN(CC=O)CCc1ccc2c(c1)ncn2C. The Balaban J connectivity index is 2.06. The van der Waals surface area contributed by atoms with Crippen LogP contribution in [0.4, 0.5) is 0 Å². The number of fused-ring (bicyclic) bond motifs is 1. The van der Waals surface area contributed by atoms with Gasteiger partial charge in [-0.05, 0) is 31.2 Å². The fourth-order valence-corrected chi connectivity index (χ4v) is 1.88. The summed E-state index contributed by atoms with van der Waals surface area (Å²) in [5.41, 5.74) is 3.44. The van der Waals surface area contributed by atoms with Gasteiger partial charge < -0.3 is 9.36 Å². The summed E-state index contributed by atoms with van der Waals surface area (Å²) in [5.74, 6) is 0. The van der Waals surface area contributed by atoms with Crippen molar-refractivity contribution in [3.8, 4) is 0 Å². The minimum absolute atomic E-state index is 0.492. The van der Waals surface area contributed by atoms with Crippen molar-refractivity contribution in [1.29, 1.82) is 0 Å². The monoisotopic (exact) mass is 231 g/mol. The summed E-state index contributed by atoms with van der Waals surface area (Å²) in [6.45, 7) is 1.38. The molecule has 0 aliphatic heterocycles. The van der Waals surface area contributed by atoms with Crippen LogP contribution in [0.5, 0.6) is 0 Å². The van der Waals surface area contributed by atoms with Gasteiger partial charge in [0, 0.05) is 13.6 Å². The molecule has 0 unspecified atom stereocenters. The highest BCUT2D eigenvalue weighted by Crippen LogP contribution is 2.14. The number of imidazole rings is 1. The number of nitrogens with zero attached hydrogens (tertiary/aromatic N) is 3. The molecule has 17 heavy (non-hydrogen) atoms. The van der Waals surface area contributed by atoms with E-state index in [2.05, 4.69) is 23.2 Å². The molecule has 0 N–H and O–H groups in total. The summed E-state index contributed by atoms with van der Waals surface area (Å²) in [6.07, 6.45) is 3.70. The van der Waals surface area contributed by atoms with E-state index in [0.717, 1.165) is 30.3 Å². The number of aldehydes is 1. The molecule has 0 spiro atoms. The summed E-state index contributed by atoms with van der Waals surface area (Å²) in [7, 11) is 3.95. The van der Waals surface area contributed by atoms with Gasteiger partial charge in [0.1, 0.15) is 6.29 Å². The van der Waals surface area contributed by atoms with Crippen LogP contribution in [0.15, 0.2) is 24.5 Å². The maximum atomic E-state index is 10.3. The van der Waals surface area contributed by atoms with Gasteiger partial charge in [0.25, 0.3) is 0 Å². The average molecular weight is 231 g/mol. The predicted molar refractivity (Wildman–Crippen MR) is 68.0 cm³/mol. The standard InChI is InChI=1S/C13H17N3O/c1-15(7-8-17)6-5-11-3-4-13-12(9-11)14-10-16(13)2/h3-4,8-10H,5-7H2,1-2H3. The molecule has 4 heteroatoms. The van der Waals surface area contributed by atoms with Gasteiger partial charge in [-0.3, -0.25) is 4.90 Å². The number of hydrogen-bond acceptors (Lipinski definition) is 3. The first kappa shape index (κ1) is 11.8. The highest BCUT2D eigenvalue weighted by atomic mass is 16.1. The van der Waals surface area contributed by atoms with Crippen molar-refractivity contribution in [3.63, 3.8) is 0 Å². The number of hydrogen-bond donors (Lipinski definition) is 0. The van der Waals surface area contributed by atoms with Crippen molar-refractivity contribution in [2.24, 2.45) is 7.05 Å². The molecule has 0 atom stereocenters. The van der Waals surface area contributed by atoms with Gasteiger partial charge in [0.15, 0.2) is 0 Å². The number of carbonyl (C=O) groups is 1. The first-order valence-corrected chi connectivity index (χ1v) is 5.73. The molecular formula is C13H17N3O. The molecule has 0 bridgehead atoms. The van der Waals surface area contributed by atoms with Gasteiger partial charge in [-0.2, -0.15) is 0 Å². The van der Waals surface area contributed by atoms with E-state index in [4.69, 9.17) is 0 Å². The Morgan fingerprint density at radius 1 is 1.47 bits per heavy atom. The van der Waals surface area contributed by atoms with E-state index in [-0.39, 0.29) is 0 Å². The first-order chi connectivity index (χ1) is 8.20. The van der Waals surface area contributed by atoms with E-state index in [1.807, 2.05) is 29.9 Å². The second kappa shape index (κ2) is 5.10. The minimum Gasteiger partial charge on any atom is -0.334 e. The smallest absolute Gasteiger partial charge is 0.133 e. The van der Waals surface area contributed by atoms with Crippen LogP contribution >= 0.6 is 0 Å². The van der Waals surface area contributed by atoms with Crippen molar-refractivity contribution in [1.82, 2.24) is 14.5 Å². The molecule has 0 aliphatic rings. The molecule has 0 fully saturated rings. The van der Waals surface area contributed by atoms with Crippen LogP contribution in [-0.2, 0) is 18.3 Å². The van der Waals surface area contributed by atoms with Crippen molar-refractivity contribution in [2.45, 2.75) is 6.42 Å². The third kappa shape index (κ3) is 2.71. The Bertz CT molecular complexity index is 518. The van der Waals surface area contributed by atoms with Crippen molar-refractivity contribution < 1.29 is 4.79 Å². The lowest BCUT2D eigenvalue weighted by molar-refractivity contribution is -0.108. The fraction of sp³-hybridized carbons (Fsp3) is 0.385. The van der Waals surface area contributed by atoms with Crippen LogP contribution < -0.4 is 0 Å². The Hall–Kier alpha value is -1.68. The minimum atomic E-state index is 0.492. The topological polar surface area (TPSA) is 38.1 Å². The number of rotatable bonds is 5. The lowest BCUT2D eigenvalue weighted by Crippen LogP contribution is -2.23. The normalized spacial score (nSPS) is 11.2. The van der Waals surface area contributed by atoms with E-state index in [1.165, 1.54) is 5.56 Å². The van der Waals surface area contributed by atoms with Gasteiger partial charge in [-0.1, -0.05) is 6.07 Å². The summed E-state index contributed by atoms with van der Waals surface area (Å²) >= 11 is 0. The van der Waals surface area contributed by atoms with Crippen molar-refractivity contribution >= 4 is 17.3 Å². The molecule has 2 rings (SSSR count). The fourth-order valence-electron chi connectivity index (χ4n) is 1.88. The van der Waals surface area contributed by atoms with Gasteiger partial charge >= 0.3 is 0 Å². The molecule has 0 radical (unpaired) electrons. The van der Waals surface area contributed by atoms with E-state index >= 15 is 0 Å². The highest BCUT2D eigenvalue weighted by molar-refractivity contribution is 5.75. The maximum absolute atomic E-state index is 10.3. The van der Waals surface area contributed by atoms with E-state index < -0.39 is 0 Å². The summed E-state index contributed by atoms with van der Waals surface area (Å²) < 4.78 is 2.01. The van der Waals surface area contributed by atoms with Crippen LogP contribution in [0.3, 0.4) is 0 Å². The number of aryl methyl sites for hydroxylation is 1. The average Bonchev–Trinajstić information content (AvgIpc) is 2.69. The zero-order valence-electron chi connectivity index (χ0n) is 10.3. The van der Waals surface area contributed by atoms with Crippen LogP contribution in [0.25, 0.3) is 11.0 Å². The third-order valence-electron chi connectivity index (χ3n) is 2.96. The second-order valence-corrected chi connectivity index (χ2v) is 4.36. The number of carbonyl (C=O) groups excluding carboxylic acids is 1. The Morgan fingerprint density at radius 3 is 3.06 bits per heavy atom. The summed E-state index contributed by atoms with van der Waals surface area (Å²) in [4.78, 5) is 16.7. The molecule has 4 nitrogen and oxygen atoms in total. The van der Waals surface area contributed by atoms with Crippen LogP contribution in [0.1, 0.15) is 5.56 Å². The molecular weight excluding hydrogens is 214 g/mol. The van der Waals surface area contributed by atoms with Crippen molar-refractivity contribution in [3.05, 3.63) is 30.1 Å². The quantitative estimate of drug-likeness (QED) is 0.727. The molecule has 90 valence electrons. The lowest BCUT2D eigenvalue weighted by Gasteiger charge is -2.12. The summed E-state index contributed by atoms with van der Waals surface area (Å²) in [6, 6.07) is 6.33. The highest BCUT2D eigenvalue weighted by Gasteiger charge is 2.02. The molecule has 0 amide bonds. The van der Waals surface area contributed by atoms with E-state index in [1.54, 1.807) is 0 Å². The predicted octanol–water partition coefficient (Wildman–Crippen LogP) is 1.25. The zero-order chi connectivity index (χ0) is 12.3. The number of benzene rings is 1. The van der Waals surface area contributed by atoms with Gasteiger partial charge in [-0.15, -0.1) is 0 Å². The second-order valence-electron chi connectivity index (χ2n) is 4.36. The van der Waals surface area contributed by atoms with Crippen LogP contribution in [-0.4, -0.2) is 40.9 Å². The molecule has 1 heterocycles. The lowest BCUT2D eigenvalue weighted by atomic mass is 10.1. The van der Waals surface area contributed by atoms with E-state index in [9.17, 15) is 4.79 Å². The molecule has 0 saturated heterocycles. The molecule has 0 aliphatic carbocycles. The zero-order valence-corrected chi connectivity index (χ0v) is 10.3. The molecule has 1 aromatic carbocycles. The van der Waals surface area contributed by atoms with E-state index in [0.29, 0.717) is 6.54 Å². The Morgan fingerprint density at radius 2 is 2.29 bits per heavy atom. The maximum Gasteiger partial charge on any atom is 0.133 e. The van der Waals surface area contributed by atoms with Gasteiger partial charge in [0.2, 0.25) is 0 Å².